The summed E-state index contributed by atoms with van der Waals surface area (Å²) in [5, 5.41) is 9.84. The predicted molar refractivity (Wildman–Crippen MR) is 78.3 cm³/mol. The van der Waals surface area contributed by atoms with Gasteiger partial charge in [-0.15, -0.1) is 0 Å². The topological polar surface area (TPSA) is 65.6 Å². The number of nitrogen functional groups attached to an aromatic ring is 1. The van der Waals surface area contributed by atoms with Gasteiger partial charge in [0.1, 0.15) is 5.82 Å². The van der Waals surface area contributed by atoms with Crippen LogP contribution in [0, 0.1) is 6.92 Å². The minimum atomic E-state index is -0.627. The van der Waals surface area contributed by atoms with Gasteiger partial charge in [0.05, 0.1) is 17.5 Å². The van der Waals surface area contributed by atoms with E-state index in [2.05, 4.69) is 14.8 Å². The first-order chi connectivity index (χ1) is 8.85. The molecule has 0 saturated carbocycles. The molecule has 5 nitrogen and oxygen atoms in total. The van der Waals surface area contributed by atoms with E-state index >= 15 is 0 Å². The molecule has 2 rings (SSSR count). The lowest BCUT2D eigenvalue weighted by atomic mass is 10.1. The number of β-amino-alcohol motifs (C(OH)–C–C–N with tert-alkyl or cyclic N) is 1. The lowest BCUT2D eigenvalue weighted by molar-refractivity contribution is 0.0344. The molecule has 0 spiro atoms. The lowest BCUT2D eigenvalue weighted by Gasteiger charge is -2.37. The van der Waals surface area contributed by atoms with Crippen LogP contribution >= 0.6 is 0 Å². The standard InChI is InChI=1S/C14H24N4O/c1-11-8-13(16-9-12(11)15)18-6-4-17(5-7-18)10-14(2,3)19/h8-9,19H,4-7,10,15H2,1-3H3. The van der Waals surface area contributed by atoms with Crippen molar-refractivity contribution in [1.82, 2.24) is 9.88 Å². The molecule has 0 amide bonds. The minimum Gasteiger partial charge on any atom is -0.397 e. The van der Waals surface area contributed by atoms with Gasteiger partial charge in [-0.05, 0) is 32.4 Å². The summed E-state index contributed by atoms with van der Waals surface area (Å²) >= 11 is 0. The van der Waals surface area contributed by atoms with Gasteiger partial charge in [0, 0.05) is 32.7 Å². The Bertz CT molecular complexity index is 434. The average molecular weight is 264 g/mol. The maximum absolute atomic E-state index is 9.84. The summed E-state index contributed by atoms with van der Waals surface area (Å²) in [7, 11) is 0. The SMILES string of the molecule is Cc1cc(N2CCN(CC(C)(C)O)CC2)ncc1N. The van der Waals surface area contributed by atoms with E-state index in [1.807, 2.05) is 26.8 Å². The van der Waals surface area contributed by atoms with Crippen LogP contribution in [0.1, 0.15) is 19.4 Å². The molecule has 1 saturated heterocycles. The first-order valence-corrected chi connectivity index (χ1v) is 6.77. The molecule has 0 bridgehead atoms. The third-order valence-electron chi connectivity index (χ3n) is 3.44. The first-order valence-electron chi connectivity index (χ1n) is 6.77. The largest absolute Gasteiger partial charge is 0.397 e. The summed E-state index contributed by atoms with van der Waals surface area (Å²) in [4.78, 5) is 8.96. The van der Waals surface area contributed by atoms with E-state index in [1.54, 1.807) is 6.20 Å². The number of anilines is 2. The average Bonchev–Trinajstić information content (AvgIpc) is 2.32. The summed E-state index contributed by atoms with van der Waals surface area (Å²) < 4.78 is 0. The Labute approximate surface area is 115 Å². The van der Waals surface area contributed by atoms with E-state index in [1.165, 1.54) is 0 Å². The van der Waals surface area contributed by atoms with Gasteiger partial charge in [-0.3, -0.25) is 4.90 Å². The van der Waals surface area contributed by atoms with Gasteiger partial charge in [0.25, 0.3) is 0 Å². The Kier molecular flexibility index (Phi) is 3.96. The van der Waals surface area contributed by atoms with Crippen molar-refractivity contribution < 1.29 is 5.11 Å². The maximum atomic E-state index is 9.84. The monoisotopic (exact) mass is 264 g/mol. The number of aromatic nitrogens is 1. The van der Waals surface area contributed by atoms with E-state index in [-0.39, 0.29) is 0 Å². The summed E-state index contributed by atoms with van der Waals surface area (Å²) in [5.41, 5.74) is 6.98. The molecule has 1 aliphatic heterocycles. The van der Waals surface area contributed by atoms with Gasteiger partial charge >= 0.3 is 0 Å². The number of piperazine rings is 1. The fourth-order valence-corrected chi connectivity index (χ4v) is 2.41. The van der Waals surface area contributed by atoms with Crippen molar-refractivity contribution >= 4 is 11.5 Å². The maximum Gasteiger partial charge on any atom is 0.128 e. The number of pyridine rings is 1. The van der Waals surface area contributed by atoms with Crippen LogP contribution in [-0.4, -0.2) is 53.3 Å². The van der Waals surface area contributed by atoms with Crippen molar-refractivity contribution in [3.05, 3.63) is 17.8 Å². The number of nitrogens with two attached hydrogens (primary N) is 1. The highest BCUT2D eigenvalue weighted by molar-refractivity contribution is 5.52. The second-order valence-electron chi connectivity index (χ2n) is 5.97. The van der Waals surface area contributed by atoms with Gasteiger partial charge in [0.2, 0.25) is 0 Å². The van der Waals surface area contributed by atoms with Gasteiger partial charge in [-0.1, -0.05) is 0 Å². The molecule has 0 unspecified atom stereocenters. The molecule has 106 valence electrons. The summed E-state index contributed by atoms with van der Waals surface area (Å²) in [5.74, 6) is 0.995. The highest BCUT2D eigenvalue weighted by atomic mass is 16.3. The number of aryl methyl sites for hydroxylation is 1. The van der Waals surface area contributed by atoms with Gasteiger partial charge < -0.3 is 15.7 Å². The molecule has 1 aromatic rings. The normalized spacial score (nSPS) is 17.8. The fraction of sp³-hybridized carbons (Fsp3) is 0.643. The molecule has 5 heteroatoms. The highest BCUT2D eigenvalue weighted by Gasteiger charge is 2.23. The van der Waals surface area contributed by atoms with E-state index in [0.717, 1.165) is 49.8 Å². The number of hydrogen-bond donors (Lipinski definition) is 2. The molecule has 1 aliphatic rings. The summed E-state index contributed by atoms with van der Waals surface area (Å²) in [6.07, 6.45) is 1.73. The molecule has 2 heterocycles. The van der Waals surface area contributed by atoms with Crippen LogP contribution < -0.4 is 10.6 Å². The molecule has 0 aliphatic carbocycles. The molecule has 1 aromatic heterocycles. The lowest BCUT2D eigenvalue weighted by Crippen LogP contribution is -2.50. The first kappa shape index (κ1) is 14.1. The van der Waals surface area contributed by atoms with Crippen molar-refractivity contribution in [2.45, 2.75) is 26.4 Å². The molecule has 0 radical (unpaired) electrons. The molecule has 3 N–H and O–H groups in total. The van der Waals surface area contributed by atoms with Crippen LogP contribution in [0.3, 0.4) is 0 Å². The zero-order valence-electron chi connectivity index (χ0n) is 12.1. The number of hydrogen-bond acceptors (Lipinski definition) is 5. The van der Waals surface area contributed by atoms with E-state index in [9.17, 15) is 5.11 Å². The van der Waals surface area contributed by atoms with Gasteiger partial charge in [-0.25, -0.2) is 4.98 Å². The van der Waals surface area contributed by atoms with E-state index in [4.69, 9.17) is 5.73 Å². The van der Waals surface area contributed by atoms with E-state index < -0.39 is 5.60 Å². The highest BCUT2D eigenvalue weighted by Crippen LogP contribution is 2.19. The number of nitrogens with zero attached hydrogens (tertiary/aromatic N) is 3. The molecule has 0 aromatic carbocycles. The molecular formula is C14H24N4O. The molecular weight excluding hydrogens is 240 g/mol. The Hall–Kier alpha value is -1.33. The second kappa shape index (κ2) is 5.35. The summed E-state index contributed by atoms with van der Waals surface area (Å²) in [6.45, 7) is 10.2. The Morgan fingerprint density at radius 3 is 2.47 bits per heavy atom. The third-order valence-corrected chi connectivity index (χ3v) is 3.44. The zero-order valence-corrected chi connectivity index (χ0v) is 12.1. The summed E-state index contributed by atoms with van der Waals surface area (Å²) in [6, 6.07) is 2.04. The Balaban J connectivity index is 1.94. The second-order valence-corrected chi connectivity index (χ2v) is 5.97. The van der Waals surface area contributed by atoms with Crippen molar-refractivity contribution in [2.24, 2.45) is 0 Å². The third kappa shape index (κ3) is 3.81. The molecule has 1 fully saturated rings. The van der Waals surface area contributed by atoms with Crippen LogP contribution in [-0.2, 0) is 0 Å². The van der Waals surface area contributed by atoms with Gasteiger partial charge in [0.15, 0.2) is 0 Å². The van der Waals surface area contributed by atoms with Crippen LogP contribution in [0.2, 0.25) is 0 Å². The van der Waals surface area contributed by atoms with Crippen molar-refractivity contribution in [2.75, 3.05) is 43.4 Å². The minimum absolute atomic E-state index is 0.627. The van der Waals surface area contributed by atoms with Crippen molar-refractivity contribution in [3.63, 3.8) is 0 Å². The number of rotatable bonds is 3. The van der Waals surface area contributed by atoms with Crippen LogP contribution in [0.15, 0.2) is 12.3 Å². The Morgan fingerprint density at radius 2 is 1.95 bits per heavy atom. The van der Waals surface area contributed by atoms with Crippen LogP contribution in [0.5, 0.6) is 0 Å². The van der Waals surface area contributed by atoms with Crippen LogP contribution in [0.25, 0.3) is 0 Å². The molecule has 0 atom stereocenters. The van der Waals surface area contributed by atoms with Crippen LogP contribution in [0.4, 0.5) is 11.5 Å². The quantitative estimate of drug-likeness (QED) is 0.848. The van der Waals surface area contributed by atoms with Crippen molar-refractivity contribution in [1.29, 1.82) is 0 Å². The zero-order chi connectivity index (χ0) is 14.0. The fourth-order valence-electron chi connectivity index (χ4n) is 2.41. The predicted octanol–water partition coefficient (Wildman–Crippen LogP) is 0.865. The van der Waals surface area contributed by atoms with Gasteiger partial charge in [-0.2, -0.15) is 0 Å². The number of aliphatic hydroxyl groups is 1. The Morgan fingerprint density at radius 1 is 1.32 bits per heavy atom. The smallest absolute Gasteiger partial charge is 0.128 e. The van der Waals surface area contributed by atoms with Crippen molar-refractivity contribution in [3.8, 4) is 0 Å². The van der Waals surface area contributed by atoms with E-state index in [0.29, 0.717) is 0 Å². The molecule has 19 heavy (non-hydrogen) atoms.